The van der Waals surface area contributed by atoms with Gasteiger partial charge in [-0.2, -0.15) is 0 Å². The number of hydrogen-bond acceptors (Lipinski definition) is 3. The molecule has 0 bridgehead atoms. The van der Waals surface area contributed by atoms with Crippen LogP contribution in [0.25, 0.3) is 0 Å². The number of ether oxygens (including phenoxy) is 1. The molecule has 0 aromatic heterocycles. The Bertz CT molecular complexity index is 506. The zero-order valence-electron chi connectivity index (χ0n) is 11.0. The van der Waals surface area contributed by atoms with Crippen LogP contribution in [-0.4, -0.2) is 42.1 Å². The summed E-state index contributed by atoms with van der Waals surface area (Å²) in [6, 6.07) is 5.69. The molecule has 19 heavy (non-hydrogen) atoms. The monoisotopic (exact) mass is 263 g/mol. The molecule has 1 fully saturated rings. The van der Waals surface area contributed by atoms with Crippen molar-refractivity contribution in [2.75, 3.05) is 20.2 Å². The molecule has 1 N–H and O–H groups in total. The summed E-state index contributed by atoms with van der Waals surface area (Å²) in [6.07, 6.45) is 0.247. The van der Waals surface area contributed by atoms with Crippen LogP contribution in [0.3, 0.4) is 0 Å². The van der Waals surface area contributed by atoms with Gasteiger partial charge in [-0.3, -0.25) is 9.59 Å². The number of likely N-dealkylation sites (tertiary alicyclic amines) is 1. The van der Waals surface area contributed by atoms with Gasteiger partial charge in [0.05, 0.1) is 19.4 Å². The van der Waals surface area contributed by atoms with E-state index in [1.165, 1.54) is 0 Å². The lowest BCUT2D eigenvalue weighted by molar-refractivity contribution is -0.152. The van der Waals surface area contributed by atoms with Crippen LogP contribution in [0.1, 0.15) is 11.1 Å². The van der Waals surface area contributed by atoms with E-state index >= 15 is 0 Å². The fourth-order valence-corrected chi connectivity index (χ4v) is 2.16. The number of amides is 1. The van der Waals surface area contributed by atoms with E-state index in [9.17, 15) is 9.59 Å². The first-order valence-electron chi connectivity index (χ1n) is 6.15. The third-order valence-corrected chi connectivity index (χ3v) is 3.36. The van der Waals surface area contributed by atoms with Gasteiger partial charge in [0.1, 0.15) is 5.75 Å². The number of carboxylic acid groups (broad SMARTS) is 1. The predicted octanol–water partition coefficient (Wildman–Crippen LogP) is 1.09. The SMILES string of the molecule is COc1ccc(C)cc1CC(=O)N1CC(C(=O)O)C1. The Morgan fingerprint density at radius 3 is 2.68 bits per heavy atom. The quantitative estimate of drug-likeness (QED) is 0.883. The minimum absolute atomic E-state index is 0.0543. The number of carbonyl (C=O) groups is 2. The molecule has 0 aliphatic carbocycles. The van der Waals surface area contributed by atoms with Crippen LogP contribution < -0.4 is 4.74 Å². The van der Waals surface area contributed by atoms with Crippen LogP contribution >= 0.6 is 0 Å². The molecule has 1 saturated heterocycles. The molecule has 2 rings (SSSR count). The van der Waals surface area contributed by atoms with Gasteiger partial charge in [0.15, 0.2) is 0 Å². The van der Waals surface area contributed by atoms with Crippen molar-refractivity contribution in [1.82, 2.24) is 4.90 Å². The molecule has 1 aromatic rings. The zero-order valence-corrected chi connectivity index (χ0v) is 11.0. The molecule has 0 atom stereocenters. The molecule has 0 unspecified atom stereocenters. The highest BCUT2D eigenvalue weighted by Crippen LogP contribution is 2.23. The van der Waals surface area contributed by atoms with Crippen LogP contribution in [0.5, 0.6) is 5.75 Å². The molecule has 5 nitrogen and oxygen atoms in total. The van der Waals surface area contributed by atoms with Crippen molar-refractivity contribution in [1.29, 1.82) is 0 Å². The third-order valence-electron chi connectivity index (χ3n) is 3.36. The summed E-state index contributed by atoms with van der Waals surface area (Å²) in [4.78, 5) is 24.3. The van der Waals surface area contributed by atoms with E-state index in [-0.39, 0.29) is 12.3 Å². The van der Waals surface area contributed by atoms with Crippen molar-refractivity contribution in [3.8, 4) is 5.75 Å². The minimum Gasteiger partial charge on any atom is -0.496 e. The van der Waals surface area contributed by atoms with E-state index in [1.807, 2.05) is 25.1 Å². The Hall–Kier alpha value is -2.04. The van der Waals surface area contributed by atoms with E-state index in [2.05, 4.69) is 0 Å². The van der Waals surface area contributed by atoms with Crippen molar-refractivity contribution in [2.24, 2.45) is 5.92 Å². The Morgan fingerprint density at radius 2 is 2.11 bits per heavy atom. The fraction of sp³-hybridized carbons (Fsp3) is 0.429. The number of hydrogen-bond donors (Lipinski definition) is 1. The topological polar surface area (TPSA) is 66.8 Å². The average molecular weight is 263 g/mol. The summed E-state index contributed by atoms with van der Waals surface area (Å²) >= 11 is 0. The Morgan fingerprint density at radius 1 is 1.42 bits per heavy atom. The van der Waals surface area contributed by atoms with Crippen LogP contribution in [0.15, 0.2) is 18.2 Å². The molecule has 1 aromatic carbocycles. The highest BCUT2D eigenvalue weighted by atomic mass is 16.5. The largest absolute Gasteiger partial charge is 0.496 e. The standard InChI is InChI=1S/C14H17NO4/c1-9-3-4-12(19-2)10(5-9)6-13(16)15-7-11(8-15)14(17)18/h3-5,11H,6-8H2,1-2H3,(H,17,18). The molecule has 1 heterocycles. The molecule has 1 aliphatic rings. The van der Waals surface area contributed by atoms with Gasteiger partial charge in [0.2, 0.25) is 5.91 Å². The smallest absolute Gasteiger partial charge is 0.310 e. The normalized spacial score (nSPS) is 14.9. The predicted molar refractivity (Wildman–Crippen MR) is 69.1 cm³/mol. The Kier molecular flexibility index (Phi) is 3.74. The van der Waals surface area contributed by atoms with Gasteiger partial charge in [-0.15, -0.1) is 0 Å². The molecule has 5 heteroatoms. The van der Waals surface area contributed by atoms with Crippen LogP contribution in [-0.2, 0) is 16.0 Å². The summed E-state index contributed by atoms with van der Waals surface area (Å²) in [5.74, 6) is -0.615. The maximum atomic E-state index is 12.0. The van der Waals surface area contributed by atoms with Crippen molar-refractivity contribution in [2.45, 2.75) is 13.3 Å². The summed E-state index contributed by atoms with van der Waals surface area (Å²) in [6.45, 7) is 2.57. The number of nitrogens with zero attached hydrogens (tertiary/aromatic N) is 1. The second-order valence-electron chi connectivity index (χ2n) is 4.83. The van der Waals surface area contributed by atoms with Gasteiger partial charge in [-0.25, -0.2) is 0 Å². The number of rotatable bonds is 4. The zero-order chi connectivity index (χ0) is 14.0. The fourth-order valence-electron chi connectivity index (χ4n) is 2.16. The second-order valence-corrected chi connectivity index (χ2v) is 4.83. The summed E-state index contributed by atoms with van der Waals surface area (Å²) in [5, 5.41) is 8.78. The van der Waals surface area contributed by atoms with E-state index in [1.54, 1.807) is 12.0 Å². The molecular formula is C14H17NO4. The van der Waals surface area contributed by atoms with Crippen molar-refractivity contribution in [3.05, 3.63) is 29.3 Å². The highest BCUT2D eigenvalue weighted by Gasteiger charge is 2.35. The lowest BCUT2D eigenvalue weighted by Crippen LogP contribution is -2.53. The van der Waals surface area contributed by atoms with Crippen molar-refractivity contribution < 1.29 is 19.4 Å². The van der Waals surface area contributed by atoms with Gasteiger partial charge < -0.3 is 14.7 Å². The maximum absolute atomic E-state index is 12.0. The molecular weight excluding hydrogens is 246 g/mol. The third kappa shape index (κ3) is 2.86. The van der Waals surface area contributed by atoms with Crippen molar-refractivity contribution >= 4 is 11.9 Å². The lowest BCUT2D eigenvalue weighted by Gasteiger charge is -2.36. The summed E-state index contributed by atoms with van der Waals surface area (Å²) < 4.78 is 5.23. The molecule has 1 aliphatic heterocycles. The highest BCUT2D eigenvalue weighted by molar-refractivity contribution is 5.83. The number of aryl methyl sites for hydroxylation is 1. The molecule has 0 spiro atoms. The van der Waals surface area contributed by atoms with Gasteiger partial charge in [-0.05, 0) is 13.0 Å². The van der Waals surface area contributed by atoms with E-state index < -0.39 is 11.9 Å². The lowest BCUT2D eigenvalue weighted by atomic mass is 9.98. The van der Waals surface area contributed by atoms with E-state index in [0.29, 0.717) is 18.8 Å². The molecule has 0 radical (unpaired) electrons. The van der Waals surface area contributed by atoms with Crippen LogP contribution in [0.4, 0.5) is 0 Å². The van der Waals surface area contributed by atoms with E-state index in [0.717, 1.165) is 11.1 Å². The first kappa shape index (κ1) is 13.4. The number of carboxylic acids is 1. The molecule has 102 valence electrons. The molecule has 1 amide bonds. The van der Waals surface area contributed by atoms with Gasteiger partial charge in [0, 0.05) is 18.7 Å². The summed E-state index contributed by atoms with van der Waals surface area (Å²) in [7, 11) is 1.57. The van der Waals surface area contributed by atoms with E-state index in [4.69, 9.17) is 9.84 Å². The first-order chi connectivity index (χ1) is 9.01. The Labute approximate surface area is 111 Å². The van der Waals surface area contributed by atoms with Gasteiger partial charge >= 0.3 is 5.97 Å². The Balaban J connectivity index is 2.00. The van der Waals surface area contributed by atoms with Gasteiger partial charge in [-0.1, -0.05) is 17.7 Å². The van der Waals surface area contributed by atoms with Crippen molar-refractivity contribution in [3.63, 3.8) is 0 Å². The minimum atomic E-state index is -0.836. The second kappa shape index (κ2) is 5.30. The number of aliphatic carboxylic acids is 1. The average Bonchev–Trinajstić information content (AvgIpc) is 2.26. The maximum Gasteiger partial charge on any atom is 0.310 e. The van der Waals surface area contributed by atoms with Gasteiger partial charge in [0.25, 0.3) is 0 Å². The van der Waals surface area contributed by atoms with Crippen LogP contribution in [0, 0.1) is 12.8 Å². The number of carbonyl (C=O) groups excluding carboxylic acids is 1. The molecule has 0 saturated carbocycles. The first-order valence-corrected chi connectivity index (χ1v) is 6.15. The number of methoxy groups -OCH3 is 1. The number of benzene rings is 1. The van der Waals surface area contributed by atoms with Crippen LogP contribution in [0.2, 0.25) is 0 Å². The summed E-state index contributed by atoms with van der Waals surface area (Å²) in [5.41, 5.74) is 1.90.